The fraction of sp³-hybridized carbons (Fsp3) is 0.533. The summed E-state index contributed by atoms with van der Waals surface area (Å²) in [6.45, 7) is 10.3. The van der Waals surface area contributed by atoms with Crippen LogP contribution in [0.25, 0.3) is 0 Å². The molecule has 0 spiro atoms. The average Bonchev–Trinajstić information content (AvgIpc) is 2.15. The Kier molecular flexibility index (Phi) is 3.97. The lowest BCUT2D eigenvalue weighted by Gasteiger charge is -2.21. The van der Waals surface area contributed by atoms with E-state index in [9.17, 15) is 9.90 Å². The molecular formula is C15H22O2. The van der Waals surface area contributed by atoms with Gasteiger partial charge in [-0.05, 0) is 22.5 Å². The lowest BCUT2D eigenvalue weighted by molar-refractivity contribution is -0.139. The maximum Gasteiger partial charge on any atom is 0.311 e. The minimum absolute atomic E-state index is 0.105. The van der Waals surface area contributed by atoms with Crippen LogP contribution in [0.2, 0.25) is 0 Å². The molecule has 0 fully saturated rings. The van der Waals surface area contributed by atoms with E-state index in [0.717, 1.165) is 5.56 Å². The van der Waals surface area contributed by atoms with Gasteiger partial charge in [0, 0.05) is 0 Å². The summed E-state index contributed by atoms with van der Waals surface area (Å²) in [7, 11) is 0. The minimum atomic E-state index is -0.747. The summed E-state index contributed by atoms with van der Waals surface area (Å²) in [6, 6.07) is 7.96. The van der Waals surface area contributed by atoms with Crippen molar-refractivity contribution >= 4 is 5.97 Å². The number of carboxylic acid groups (broad SMARTS) is 1. The molecule has 1 aromatic rings. The molecule has 0 amide bonds. The molecule has 94 valence electrons. The second kappa shape index (κ2) is 4.91. The highest BCUT2D eigenvalue weighted by molar-refractivity contribution is 5.76. The predicted molar refractivity (Wildman–Crippen MR) is 70.4 cm³/mol. The minimum Gasteiger partial charge on any atom is -0.481 e. The van der Waals surface area contributed by atoms with E-state index in [1.54, 1.807) is 0 Å². The van der Waals surface area contributed by atoms with Gasteiger partial charge in [0.2, 0.25) is 0 Å². The molecule has 1 aromatic carbocycles. The smallest absolute Gasteiger partial charge is 0.311 e. The van der Waals surface area contributed by atoms with Gasteiger partial charge in [0.1, 0.15) is 0 Å². The Morgan fingerprint density at radius 2 is 1.59 bits per heavy atom. The van der Waals surface area contributed by atoms with Crippen LogP contribution in [0.5, 0.6) is 0 Å². The van der Waals surface area contributed by atoms with E-state index in [-0.39, 0.29) is 11.3 Å². The maximum atomic E-state index is 11.2. The van der Waals surface area contributed by atoms with Crippen molar-refractivity contribution in [3.8, 4) is 0 Å². The van der Waals surface area contributed by atoms with Crippen LogP contribution in [0.1, 0.15) is 51.7 Å². The molecule has 1 rings (SSSR count). The first kappa shape index (κ1) is 13.8. The molecule has 0 aliphatic heterocycles. The molecule has 1 N–H and O–H groups in total. The molecule has 0 saturated carbocycles. The van der Waals surface area contributed by atoms with Crippen LogP contribution < -0.4 is 0 Å². The molecule has 0 aliphatic carbocycles. The number of aliphatic carboxylic acids is 1. The highest BCUT2D eigenvalue weighted by Crippen LogP contribution is 2.28. The van der Waals surface area contributed by atoms with Gasteiger partial charge < -0.3 is 5.11 Å². The number of benzene rings is 1. The van der Waals surface area contributed by atoms with Gasteiger partial charge in [-0.15, -0.1) is 0 Å². The van der Waals surface area contributed by atoms with Crippen LogP contribution in [0.15, 0.2) is 24.3 Å². The molecule has 1 atom stereocenters. The maximum absolute atomic E-state index is 11.2. The zero-order valence-electron chi connectivity index (χ0n) is 11.3. The quantitative estimate of drug-likeness (QED) is 0.863. The SMILES string of the molecule is CC(C)[C@H](C(=O)O)c1ccc(C(C)(C)C)cc1. The normalized spacial score (nSPS) is 13.8. The van der Waals surface area contributed by atoms with E-state index in [1.165, 1.54) is 5.56 Å². The van der Waals surface area contributed by atoms with E-state index >= 15 is 0 Å². The number of hydrogen-bond acceptors (Lipinski definition) is 1. The first-order valence-corrected chi connectivity index (χ1v) is 6.06. The molecule has 2 heteroatoms. The molecular weight excluding hydrogens is 212 g/mol. The van der Waals surface area contributed by atoms with Crippen LogP contribution >= 0.6 is 0 Å². The third-order valence-corrected chi connectivity index (χ3v) is 3.07. The van der Waals surface area contributed by atoms with Crippen LogP contribution in [-0.2, 0) is 10.2 Å². The Hall–Kier alpha value is -1.31. The molecule has 0 heterocycles. The molecule has 0 unspecified atom stereocenters. The van der Waals surface area contributed by atoms with Crippen molar-refractivity contribution in [2.45, 2.75) is 46.0 Å². The molecule has 0 bridgehead atoms. The molecule has 17 heavy (non-hydrogen) atoms. The Morgan fingerprint density at radius 1 is 1.12 bits per heavy atom. The summed E-state index contributed by atoms with van der Waals surface area (Å²) in [5, 5.41) is 9.23. The van der Waals surface area contributed by atoms with Gasteiger partial charge in [-0.25, -0.2) is 0 Å². The van der Waals surface area contributed by atoms with E-state index in [0.29, 0.717) is 0 Å². The van der Waals surface area contributed by atoms with Gasteiger partial charge in [-0.1, -0.05) is 58.9 Å². The van der Waals surface area contributed by atoms with E-state index in [4.69, 9.17) is 0 Å². The zero-order chi connectivity index (χ0) is 13.2. The Balaban J connectivity index is 3.05. The van der Waals surface area contributed by atoms with Gasteiger partial charge in [0.05, 0.1) is 5.92 Å². The summed E-state index contributed by atoms with van der Waals surface area (Å²) in [6.07, 6.45) is 0. The lowest BCUT2D eigenvalue weighted by Crippen LogP contribution is -2.18. The van der Waals surface area contributed by atoms with Gasteiger partial charge >= 0.3 is 5.97 Å². The lowest BCUT2D eigenvalue weighted by atomic mass is 9.83. The number of carboxylic acids is 1. The van der Waals surface area contributed by atoms with Crippen molar-refractivity contribution in [2.24, 2.45) is 5.92 Å². The van der Waals surface area contributed by atoms with Gasteiger partial charge in [0.15, 0.2) is 0 Å². The average molecular weight is 234 g/mol. The van der Waals surface area contributed by atoms with E-state index < -0.39 is 11.9 Å². The third kappa shape index (κ3) is 3.32. The number of carbonyl (C=O) groups is 1. The highest BCUT2D eigenvalue weighted by atomic mass is 16.4. The van der Waals surface area contributed by atoms with Crippen LogP contribution in [-0.4, -0.2) is 11.1 Å². The first-order chi connectivity index (χ1) is 7.73. The molecule has 2 nitrogen and oxygen atoms in total. The fourth-order valence-corrected chi connectivity index (χ4v) is 2.00. The van der Waals surface area contributed by atoms with Crippen molar-refractivity contribution in [2.75, 3.05) is 0 Å². The summed E-state index contributed by atoms with van der Waals surface area (Å²) in [5.74, 6) is -1.06. The van der Waals surface area contributed by atoms with Crippen LogP contribution in [0, 0.1) is 5.92 Å². The van der Waals surface area contributed by atoms with Crippen molar-refractivity contribution < 1.29 is 9.90 Å². The summed E-state index contributed by atoms with van der Waals surface area (Å²) in [5.41, 5.74) is 2.23. The molecule has 0 radical (unpaired) electrons. The van der Waals surface area contributed by atoms with Crippen LogP contribution in [0.4, 0.5) is 0 Å². The fourth-order valence-electron chi connectivity index (χ4n) is 2.00. The second-order valence-electron chi connectivity index (χ2n) is 5.93. The molecule has 0 aromatic heterocycles. The molecule has 0 aliphatic rings. The predicted octanol–water partition coefficient (Wildman–Crippen LogP) is 3.81. The summed E-state index contributed by atoms with van der Waals surface area (Å²) < 4.78 is 0. The first-order valence-electron chi connectivity index (χ1n) is 6.06. The topological polar surface area (TPSA) is 37.3 Å². The summed E-state index contributed by atoms with van der Waals surface area (Å²) in [4.78, 5) is 11.2. The monoisotopic (exact) mass is 234 g/mol. The van der Waals surface area contributed by atoms with Crippen LogP contribution in [0.3, 0.4) is 0 Å². The number of hydrogen-bond donors (Lipinski definition) is 1. The number of rotatable bonds is 3. The Morgan fingerprint density at radius 3 is 1.88 bits per heavy atom. The zero-order valence-corrected chi connectivity index (χ0v) is 11.3. The Labute approximate surface area is 104 Å². The van der Waals surface area contributed by atoms with E-state index in [2.05, 4.69) is 20.8 Å². The largest absolute Gasteiger partial charge is 0.481 e. The highest BCUT2D eigenvalue weighted by Gasteiger charge is 2.24. The van der Waals surface area contributed by atoms with Gasteiger partial charge in [-0.3, -0.25) is 4.79 Å². The van der Waals surface area contributed by atoms with Crippen molar-refractivity contribution in [3.05, 3.63) is 35.4 Å². The van der Waals surface area contributed by atoms with Crippen molar-refractivity contribution in [1.82, 2.24) is 0 Å². The van der Waals surface area contributed by atoms with E-state index in [1.807, 2.05) is 38.1 Å². The van der Waals surface area contributed by atoms with Gasteiger partial charge in [0.25, 0.3) is 0 Å². The van der Waals surface area contributed by atoms with Crippen molar-refractivity contribution in [3.63, 3.8) is 0 Å². The Bertz CT molecular complexity index is 382. The van der Waals surface area contributed by atoms with Crippen molar-refractivity contribution in [1.29, 1.82) is 0 Å². The summed E-state index contributed by atoms with van der Waals surface area (Å²) >= 11 is 0. The van der Waals surface area contributed by atoms with Gasteiger partial charge in [-0.2, -0.15) is 0 Å². The third-order valence-electron chi connectivity index (χ3n) is 3.07. The standard InChI is InChI=1S/C15H22O2/c1-10(2)13(14(16)17)11-6-8-12(9-7-11)15(3,4)5/h6-10,13H,1-5H3,(H,16,17)/t13-/m0/s1. The molecule has 0 saturated heterocycles. The second-order valence-corrected chi connectivity index (χ2v) is 5.93.